The molecule has 0 aliphatic heterocycles. The fourth-order valence-corrected chi connectivity index (χ4v) is 3.24. The van der Waals surface area contributed by atoms with E-state index in [1.165, 1.54) is 18.4 Å². The Kier molecular flexibility index (Phi) is 4.60. The van der Waals surface area contributed by atoms with Crippen molar-refractivity contribution >= 4 is 34.7 Å². The number of aromatic nitrogens is 1. The fourth-order valence-electron chi connectivity index (χ4n) is 2.09. The number of carbonyl (C=O) groups is 1. The lowest BCUT2D eigenvalue weighted by atomic mass is 10.1. The molecule has 3 rings (SSSR count). The maximum Gasteiger partial charge on any atom is 0.411 e. The zero-order chi connectivity index (χ0) is 16.2. The van der Waals surface area contributed by atoms with E-state index in [2.05, 4.69) is 15.0 Å². The van der Waals surface area contributed by atoms with Gasteiger partial charge in [-0.1, -0.05) is 41.9 Å². The van der Waals surface area contributed by atoms with Gasteiger partial charge in [0.15, 0.2) is 0 Å². The van der Waals surface area contributed by atoms with Gasteiger partial charge in [0, 0.05) is 22.2 Å². The monoisotopic (exact) mass is 344 g/mol. The highest BCUT2D eigenvalue weighted by Crippen LogP contribution is 2.33. The predicted molar refractivity (Wildman–Crippen MR) is 94.0 cm³/mol. The van der Waals surface area contributed by atoms with E-state index in [9.17, 15) is 4.79 Å². The number of amides is 1. The summed E-state index contributed by atoms with van der Waals surface area (Å²) in [6.45, 7) is 0. The van der Waals surface area contributed by atoms with Crippen LogP contribution in [0.4, 0.5) is 10.5 Å². The molecule has 0 fully saturated rings. The van der Waals surface area contributed by atoms with Gasteiger partial charge in [-0.25, -0.2) is 9.78 Å². The highest BCUT2D eigenvalue weighted by Gasteiger charge is 2.10. The number of carbonyl (C=O) groups excluding carboxylic acids is 1. The SMILES string of the molecule is COC(=O)Nc1cccc(-c2csc(-c3ccccc3Cl)n2)c1. The summed E-state index contributed by atoms with van der Waals surface area (Å²) in [5.74, 6) is 0. The maximum atomic E-state index is 11.3. The smallest absolute Gasteiger partial charge is 0.411 e. The van der Waals surface area contributed by atoms with Crippen LogP contribution < -0.4 is 5.32 Å². The number of hydrogen-bond donors (Lipinski definition) is 1. The maximum absolute atomic E-state index is 11.3. The molecule has 0 saturated heterocycles. The Morgan fingerprint density at radius 2 is 2.04 bits per heavy atom. The number of nitrogens with zero attached hydrogens (tertiary/aromatic N) is 1. The molecular weight excluding hydrogens is 332 g/mol. The first-order valence-corrected chi connectivity index (χ1v) is 8.09. The zero-order valence-corrected chi connectivity index (χ0v) is 13.8. The van der Waals surface area contributed by atoms with Crippen LogP contribution in [-0.4, -0.2) is 18.2 Å². The number of anilines is 1. The minimum atomic E-state index is -0.503. The van der Waals surface area contributed by atoms with E-state index in [1.54, 1.807) is 6.07 Å². The minimum absolute atomic E-state index is 0.503. The Morgan fingerprint density at radius 1 is 1.22 bits per heavy atom. The van der Waals surface area contributed by atoms with Crippen LogP contribution in [0, 0.1) is 0 Å². The zero-order valence-electron chi connectivity index (χ0n) is 12.2. The second-order valence-electron chi connectivity index (χ2n) is 4.72. The lowest BCUT2D eigenvalue weighted by Gasteiger charge is -2.05. The number of thiazole rings is 1. The molecule has 4 nitrogen and oxygen atoms in total. The van der Waals surface area contributed by atoms with Gasteiger partial charge in [-0.3, -0.25) is 5.32 Å². The number of methoxy groups -OCH3 is 1. The molecule has 1 aromatic heterocycles. The van der Waals surface area contributed by atoms with E-state index in [1.807, 2.05) is 47.8 Å². The number of halogens is 1. The molecule has 0 bridgehead atoms. The molecule has 0 saturated carbocycles. The molecule has 23 heavy (non-hydrogen) atoms. The third-order valence-electron chi connectivity index (χ3n) is 3.20. The Balaban J connectivity index is 1.90. The van der Waals surface area contributed by atoms with Gasteiger partial charge in [0.2, 0.25) is 0 Å². The third-order valence-corrected chi connectivity index (χ3v) is 4.40. The van der Waals surface area contributed by atoms with Crippen LogP contribution >= 0.6 is 22.9 Å². The van der Waals surface area contributed by atoms with Crippen LogP contribution in [0.2, 0.25) is 5.02 Å². The normalized spacial score (nSPS) is 10.3. The minimum Gasteiger partial charge on any atom is -0.453 e. The summed E-state index contributed by atoms with van der Waals surface area (Å²) in [6, 6.07) is 15.1. The molecule has 116 valence electrons. The highest BCUT2D eigenvalue weighted by molar-refractivity contribution is 7.13. The van der Waals surface area contributed by atoms with Crippen molar-refractivity contribution in [3.8, 4) is 21.8 Å². The first-order valence-electron chi connectivity index (χ1n) is 6.83. The van der Waals surface area contributed by atoms with Crippen LogP contribution in [-0.2, 0) is 4.74 Å². The van der Waals surface area contributed by atoms with E-state index in [0.717, 1.165) is 21.8 Å². The van der Waals surface area contributed by atoms with Gasteiger partial charge in [-0.05, 0) is 18.2 Å². The number of rotatable bonds is 3. The molecule has 0 atom stereocenters. The van der Waals surface area contributed by atoms with Crippen LogP contribution in [0.25, 0.3) is 21.8 Å². The van der Waals surface area contributed by atoms with Crippen molar-refractivity contribution in [2.45, 2.75) is 0 Å². The summed E-state index contributed by atoms with van der Waals surface area (Å²) in [7, 11) is 1.33. The van der Waals surface area contributed by atoms with Gasteiger partial charge >= 0.3 is 6.09 Å². The fraction of sp³-hybridized carbons (Fsp3) is 0.0588. The van der Waals surface area contributed by atoms with Gasteiger partial charge in [0.25, 0.3) is 0 Å². The highest BCUT2D eigenvalue weighted by atomic mass is 35.5. The lowest BCUT2D eigenvalue weighted by molar-refractivity contribution is 0.187. The molecule has 0 aliphatic rings. The molecule has 1 amide bonds. The van der Waals surface area contributed by atoms with Crippen molar-refractivity contribution in [2.75, 3.05) is 12.4 Å². The summed E-state index contributed by atoms with van der Waals surface area (Å²) >= 11 is 7.75. The topological polar surface area (TPSA) is 51.2 Å². The second-order valence-corrected chi connectivity index (χ2v) is 5.98. The Labute approximate surface area is 142 Å². The second kappa shape index (κ2) is 6.81. The average molecular weight is 345 g/mol. The molecule has 0 aliphatic carbocycles. The van der Waals surface area contributed by atoms with Gasteiger partial charge in [0.1, 0.15) is 5.01 Å². The molecule has 0 radical (unpaired) electrons. The predicted octanol–water partition coefficient (Wildman–Crippen LogP) is 5.31. The molecule has 3 aromatic rings. The van der Waals surface area contributed by atoms with Crippen LogP contribution in [0.1, 0.15) is 0 Å². The van der Waals surface area contributed by atoms with E-state index in [0.29, 0.717) is 10.7 Å². The number of benzene rings is 2. The molecule has 2 aromatic carbocycles. The summed E-state index contributed by atoms with van der Waals surface area (Å²) in [5, 5.41) is 6.14. The van der Waals surface area contributed by atoms with Crippen LogP contribution in [0.5, 0.6) is 0 Å². The quantitative estimate of drug-likeness (QED) is 0.700. The third kappa shape index (κ3) is 3.52. The van der Waals surface area contributed by atoms with Crippen molar-refractivity contribution < 1.29 is 9.53 Å². The standard InChI is InChI=1S/C17H13ClN2O2S/c1-22-17(21)19-12-6-4-5-11(9-12)15-10-23-16(20-15)13-7-2-3-8-14(13)18/h2-10H,1H3,(H,19,21). The number of hydrogen-bond acceptors (Lipinski definition) is 4. The molecule has 6 heteroatoms. The van der Waals surface area contributed by atoms with E-state index < -0.39 is 6.09 Å². The van der Waals surface area contributed by atoms with Gasteiger partial charge in [0.05, 0.1) is 17.8 Å². The Bertz CT molecular complexity index is 848. The van der Waals surface area contributed by atoms with Crippen molar-refractivity contribution in [3.63, 3.8) is 0 Å². The molecule has 0 spiro atoms. The van der Waals surface area contributed by atoms with E-state index in [4.69, 9.17) is 11.6 Å². The molecule has 0 unspecified atom stereocenters. The number of nitrogens with one attached hydrogen (secondary N) is 1. The van der Waals surface area contributed by atoms with Gasteiger partial charge in [-0.2, -0.15) is 0 Å². The summed E-state index contributed by atoms with van der Waals surface area (Å²) in [4.78, 5) is 15.9. The van der Waals surface area contributed by atoms with E-state index >= 15 is 0 Å². The van der Waals surface area contributed by atoms with E-state index in [-0.39, 0.29) is 0 Å². The summed E-state index contributed by atoms with van der Waals surface area (Å²) in [5.41, 5.74) is 3.31. The molecular formula is C17H13ClN2O2S. The Hall–Kier alpha value is -2.37. The molecule has 1 heterocycles. The van der Waals surface area contributed by atoms with Crippen LogP contribution in [0.3, 0.4) is 0 Å². The van der Waals surface area contributed by atoms with Crippen molar-refractivity contribution in [1.29, 1.82) is 0 Å². The summed E-state index contributed by atoms with van der Waals surface area (Å²) < 4.78 is 4.60. The van der Waals surface area contributed by atoms with Crippen molar-refractivity contribution in [3.05, 3.63) is 58.9 Å². The van der Waals surface area contributed by atoms with Crippen molar-refractivity contribution in [1.82, 2.24) is 4.98 Å². The van der Waals surface area contributed by atoms with Gasteiger partial charge in [-0.15, -0.1) is 11.3 Å². The number of ether oxygens (including phenoxy) is 1. The van der Waals surface area contributed by atoms with Gasteiger partial charge < -0.3 is 4.74 Å². The van der Waals surface area contributed by atoms with Crippen molar-refractivity contribution in [2.24, 2.45) is 0 Å². The van der Waals surface area contributed by atoms with Crippen LogP contribution in [0.15, 0.2) is 53.9 Å². The first kappa shape index (κ1) is 15.5. The summed E-state index contributed by atoms with van der Waals surface area (Å²) in [6.07, 6.45) is -0.503. The molecule has 1 N–H and O–H groups in total. The Morgan fingerprint density at radius 3 is 2.83 bits per heavy atom. The lowest BCUT2D eigenvalue weighted by Crippen LogP contribution is -2.10. The first-order chi connectivity index (χ1) is 11.2. The average Bonchev–Trinajstić information content (AvgIpc) is 3.05. The largest absolute Gasteiger partial charge is 0.453 e.